The molecule has 0 unspecified atom stereocenters. The predicted octanol–water partition coefficient (Wildman–Crippen LogP) is 3.92. The molecule has 1 N–H and O–H groups in total. The summed E-state index contributed by atoms with van der Waals surface area (Å²) in [7, 11) is 0. The molecule has 0 aliphatic carbocycles. The minimum absolute atomic E-state index is 0.0490. The Morgan fingerprint density at radius 1 is 1.17 bits per heavy atom. The fraction of sp³-hybridized carbons (Fsp3) is 0.200. The molecule has 2 aromatic rings. The zero-order valence-corrected chi connectivity index (χ0v) is 11.0. The molecule has 18 heavy (non-hydrogen) atoms. The van der Waals surface area contributed by atoms with Crippen molar-refractivity contribution in [3.63, 3.8) is 0 Å². The lowest BCUT2D eigenvalue weighted by Gasteiger charge is -2.07. The summed E-state index contributed by atoms with van der Waals surface area (Å²) in [6, 6.07) is 12.6. The smallest absolute Gasteiger partial charge is 0.123 e. The monoisotopic (exact) mass is 262 g/mol. The van der Waals surface area contributed by atoms with Crippen LogP contribution in [0.3, 0.4) is 0 Å². The number of halogens is 1. The van der Waals surface area contributed by atoms with Gasteiger partial charge in [0.1, 0.15) is 5.82 Å². The van der Waals surface area contributed by atoms with Gasteiger partial charge in [0.2, 0.25) is 0 Å². The van der Waals surface area contributed by atoms with E-state index in [1.807, 2.05) is 31.2 Å². The Morgan fingerprint density at radius 3 is 2.78 bits per heavy atom. The van der Waals surface area contributed by atoms with Gasteiger partial charge in [-0.05, 0) is 47.9 Å². The molecule has 0 aliphatic rings. The Morgan fingerprint density at radius 2 is 2.00 bits per heavy atom. The molecule has 0 radical (unpaired) electrons. The number of aryl methyl sites for hydroxylation is 1. The largest absolute Gasteiger partial charge is 0.392 e. The third-order valence-electron chi connectivity index (χ3n) is 2.79. The van der Waals surface area contributed by atoms with Crippen LogP contribution in [0, 0.1) is 12.7 Å². The SMILES string of the molecule is Cc1ccc(F)cc1CSc1cccc(CO)c1. The average Bonchev–Trinajstić information content (AvgIpc) is 2.40. The summed E-state index contributed by atoms with van der Waals surface area (Å²) in [5.74, 6) is 0.540. The number of rotatable bonds is 4. The molecule has 0 spiro atoms. The molecular weight excluding hydrogens is 247 g/mol. The van der Waals surface area contributed by atoms with E-state index >= 15 is 0 Å². The number of aliphatic hydroxyl groups is 1. The third kappa shape index (κ3) is 3.34. The minimum Gasteiger partial charge on any atom is -0.392 e. The highest BCUT2D eigenvalue weighted by Gasteiger charge is 2.02. The van der Waals surface area contributed by atoms with Gasteiger partial charge >= 0.3 is 0 Å². The van der Waals surface area contributed by atoms with E-state index < -0.39 is 0 Å². The Bertz CT molecular complexity index is 540. The van der Waals surface area contributed by atoms with Crippen LogP contribution in [0.5, 0.6) is 0 Å². The van der Waals surface area contributed by atoms with Gasteiger partial charge in [-0.1, -0.05) is 18.2 Å². The van der Waals surface area contributed by atoms with Gasteiger partial charge in [0.25, 0.3) is 0 Å². The van der Waals surface area contributed by atoms with Crippen molar-refractivity contribution in [3.05, 3.63) is 65.0 Å². The third-order valence-corrected chi connectivity index (χ3v) is 3.83. The second-order valence-corrected chi connectivity index (χ2v) is 5.21. The summed E-state index contributed by atoms with van der Waals surface area (Å²) in [6.07, 6.45) is 0. The van der Waals surface area contributed by atoms with Gasteiger partial charge in [-0.2, -0.15) is 0 Å². The van der Waals surface area contributed by atoms with Crippen molar-refractivity contribution in [1.82, 2.24) is 0 Å². The van der Waals surface area contributed by atoms with Gasteiger partial charge in [-0.15, -0.1) is 11.8 Å². The van der Waals surface area contributed by atoms with Crippen LogP contribution in [0.2, 0.25) is 0 Å². The minimum atomic E-state index is -0.194. The second-order valence-electron chi connectivity index (χ2n) is 4.17. The first-order chi connectivity index (χ1) is 8.69. The normalized spacial score (nSPS) is 10.6. The van der Waals surface area contributed by atoms with E-state index in [2.05, 4.69) is 0 Å². The summed E-state index contributed by atoms with van der Waals surface area (Å²) in [6.45, 7) is 2.03. The van der Waals surface area contributed by atoms with Crippen LogP contribution >= 0.6 is 11.8 Å². The first-order valence-corrected chi connectivity index (χ1v) is 6.75. The Kier molecular flexibility index (Phi) is 4.39. The number of hydrogen-bond donors (Lipinski definition) is 1. The van der Waals surface area contributed by atoms with Crippen molar-refractivity contribution in [3.8, 4) is 0 Å². The van der Waals surface area contributed by atoms with E-state index in [0.717, 1.165) is 27.3 Å². The van der Waals surface area contributed by atoms with Gasteiger partial charge in [0.05, 0.1) is 6.61 Å². The molecule has 2 rings (SSSR count). The van der Waals surface area contributed by atoms with E-state index in [1.54, 1.807) is 23.9 Å². The maximum absolute atomic E-state index is 13.1. The van der Waals surface area contributed by atoms with Crippen molar-refractivity contribution in [2.75, 3.05) is 0 Å². The molecule has 0 bridgehead atoms. The molecule has 0 saturated carbocycles. The van der Waals surface area contributed by atoms with Gasteiger partial charge in [0.15, 0.2) is 0 Å². The quantitative estimate of drug-likeness (QED) is 0.843. The number of benzene rings is 2. The second kappa shape index (κ2) is 6.03. The molecule has 0 amide bonds. The molecule has 0 heterocycles. The Labute approximate surface area is 111 Å². The highest BCUT2D eigenvalue weighted by atomic mass is 32.2. The zero-order valence-electron chi connectivity index (χ0n) is 10.2. The lowest BCUT2D eigenvalue weighted by Crippen LogP contribution is -1.89. The summed E-state index contributed by atoms with van der Waals surface area (Å²) < 4.78 is 13.1. The van der Waals surface area contributed by atoms with Crippen LogP contribution in [0.4, 0.5) is 4.39 Å². The first kappa shape index (κ1) is 13.1. The van der Waals surface area contributed by atoms with Crippen LogP contribution in [0.1, 0.15) is 16.7 Å². The Hall–Kier alpha value is -1.32. The Balaban J connectivity index is 2.08. The van der Waals surface area contributed by atoms with Crippen LogP contribution in [-0.2, 0) is 12.4 Å². The molecule has 0 saturated heterocycles. The fourth-order valence-corrected chi connectivity index (χ4v) is 2.73. The summed E-state index contributed by atoms with van der Waals surface area (Å²) in [5, 5.41) is 9.07. The van der Waals surface area contributed by atoms with Crippen molar-refractivity contribution in [2.45, 2.75) is 24.2 Å². The molecule has 0 aromatic heterocycles. The molecule has 2 aromatic carbocycles. The zero-order chi connectivity index (χ0) is 13.0. The molecule has 3 heteroatoms. The lowest BCUT2D eigenvalue weighted by atomic mass is 10.1. The van der Waals surface area contributed by atoms with Gasteiger partial charge < -0.3 is 5.11 Å². The van der Waals surface area contributed by atoms with Crippen molar-refractivity contribution < 1.29 is 9.50 Å². The van der Waals surface area contributed by atoms with Crippen LogP contribution in [0.25, 0.3) is 0 Å². The van der Waals surface area contributed by atoms with E-state index in [1.165, 1.54) is 6.07 Å². The van der Waals surface area contributed by atoms with Gasteiger partial charge in [-0.25, -0.2) is 4.39 Å². The topological polar surface area (TPSA) is 20.2 Å². The van der Waals surface area contributed by atoms with Crippen molar-refractivity contribution in [1.29, 1.82) is 0 Å². The summed E-state index contributed by atoms with van der Waals surface area (Å²) in [5.41, 5.74) is 3.01. The molecule has 0 aliphatic heterocycles. The van der Waals surface area contributed by atoms with E-state index in [-0.39, 0.29) is 12.4 Å². The standard InChI is InChI=1S/C15H15FOS/c1-11-5-6-14(16)8-13(11)10-18-15-4-2-3-12(7-15)9-17/h2-8,17H,9-10H2,1H3. The van der Waals surface area contributed by atoms with Crippen molar-refractivity contribution >= 4 is 11.8 Å². The fourth-order valence-electron chi connectivity index (χ4n) is 1.69. The van der Waals surface area contributed by atoms with Crippen molar-refractivity contribution in [2.24, 2.45) is 0 Å². The predicted molar refractivity (Wildman–Crippen MR) is 73.1 cm³/mol. The van der Waals surface area contributed by atoms with Gasteiger partial charge in [0, 0.05) is 10.6 Å². The van der Waals surface area contributed by atoms with Crippen LogP contribution < -0.4 is 0 Å². The highest BCUT2D eigenvalue weighted by Crippen LogP contribution is 2.25. The molecular formula is C15H15FOS. The molecule has 0 fully saturated rings. The molecule has 0 atom stereocenters. The van der Waals surface area contributed by atoms with Gasteiger partial charge in [-0.3, -0.25) is 0 Å². The summed E-state index contributed by atoms with van der Waals surface area (Å²) >= 11 is 1.65. The lowest BCUT2D eigenvalue weighted by molar-refractivity contribution is 0.281. The van der Waals surface area contributed by atoms with Crippen LogP contribution in [-0.4, -0.2) is 5.11 Å². The number of aliphatic hydroxyl groups excluding tert-OH is 1. The maximum atomic E-state index is 13.1. The van der Waals surface area contributed by atoms with E-state index in [4.69, 9.17) is 5.11 Å². The highest BCUT2D eigenvalue weighted by molar-refractivity contribution is 7.98. The number of hydrogen-bond acceptors (Lipinski definition) is 2. The van der Waals surface area contributed by atoms with Crippen LogP contribution in [0.15, 0.2) is 47.4 Å². The maximum Gasteiger partial charge on any atom is 0.123 e. The molecule has 1 nitrogen and oxygen atoms in total. The number of thioether (sulfide) groups is 1. The summed E-state index contributed by atoms with van der Waals surface area (Å²) in [4.78, 5) is 1.09. The average molecular weight is 262 g/mol. The van der Waals surface area contributed by atoms with E-state index in [9.17, 15) is 4.39 Å². The first-order valence-electron chi connectivity index (χ1n) is 5.76. The van der Waals surface area contributed by atoms with E-state index in [0.29, 0.717) is 0 Å². The molecule has 94 valence electrons.